The molecular weight excluding hydrogens is 688 g/mol. The van der Waals surface area contributed by atoms with Gasteiger partial charge in [-0.3, -0.25) is 9.59 Å². The van der Waals surface area contributed by atoms with E-state index in [-0.39, 0.29) is 26.1 Å². The molecule has 0 saturated carbocycles. The number of aliphatic hydroxyl groups excluding tert-OH is 4. The summed E-state index contributed by atoms with van der Waals surface area (Å²) < 4.78 is 22.1. The summed E-state index contributed by atoms with van der Waals surface area (Å²) >= 11 is 0. The van der Waals surface area contributed by atoms with Crippen LogP contribution in [0, 0.1) is 0 Å². The fourth-order valence-corrected chi connectivity index (χ4v) is 6.00. The monoisotopic (exact) mass is 765 g/mol. The molecule has 1 aliphatic rings. The van der Waals surface area contributed by atoms with Gasteiger partial charge in [0.05, 0.1) is 13.2 Å². The van der Waals surface area contributed by atoms with Gasteiger partial charge in [0.1, 0.15) is 31.0 Å². The van der Waals surface area contributed by atoms with Crippen molar-refractivity contribution in [2.75, 3.05) is 19.8 Å². The fraction of sp³-hybridized carbons (Fsp3) is 0.773. The number of unbranched alkanes of at least 4 members (excludes halogenated alkanes) is 15. The van der Waals surface area contributed by atoms with Crippen molar-refractivity contribution in [1.29, 1.82) is 0 Å². The lowest BCUT2D eigenvalue weighted by molar-refractivity contribution is -0.305. The molecule has 1 saturated heterocycles. The summed E-state index contributed by atoms with van der Waals surface area (Å²) in [7, 11) is 0. The molecule has 1 rings (SSSR count). The van der Waals surface area contributed by atoms with Crippen LogP contribution in [0.5, 0.6) is 0 Å². The average Bonchev–Trinajstić information content (AvgIpc) is 3.17. The predicted molar refractivity (Wildman–Crippen MR) is 215 cm³/mol. The number of allylic oxidation sites excluding steroid dienone is 8. The normalized spacial score (nSPS) is 21.2. The summed E-state index contributed by atoms with van der Waals surface area (Å²) in [6.45, 7) is 3.31. The Bertz CT molecular complexity index is 1020. The van der Waals surface area contributed by atoms with Crippen LogP contribution in [0.2, 0.25) is 0 Å². The highest BCUT2D eigenvalue weighted by Gasteiger charge is 2.44. The summed E-state index contributed by atoms with van der Waals surface area (Å²) in [6, 6.07) is 0. The summed E-state index contributed by atoms with van der Waals surface area (Å²) in [5.41, 5.74) is 0. The van der Waals surface area contributed by atoms with Crippen LogP contribution >= 0.6 is 0 Å². The Morgan fingerprint density at radius 2 is 1.06 bits per heavy atom. The molecule has 0 aromatic carbocycles. The molecule has 312 valence electrons. The van der Waals surface area contributed by atoms with Gasteiger partial charge in [-0.2, -0.15) is 0 Å². The number of ether oxygens (including phenoxy) is 4. The van der Waals surface area contributed by atoms with E-state index >= 15 is 0 Å². The minimum Gasteiger partial charge on any atom is -0.462 e. The van der Waals surface area contributed by atoms with Crippen molar-refractivity contribution in [3.05, 3.63) is 48.6 Å². The predicted octanol–water partition coefficient (Wildman–Crippen LogP) is 8.49. The first-order valence-electron chi connectivity index (χ1n) is 21.2. The summed E-state index contributed by atoms with van der Waals surface area (Å²) in [5.74, 6) is -0.843. The molecule has 0 aliphatic carbocycles. The SMILES string of the molecule is CCCC/C=C/C/C=C/CCCCCCCC(=O)O[C@@H](COC(=O)CCCCCCC/C=C/C/C=C/CCCCC)CO[C@H]1O[C@@H](CO)[C@@H](O)C(O)C1O. The largest absolute Gasteiger partial charge is 0.462 e. The topological polar surface area (TPSA) is 152 Å². The third kappa shape index (κ3) is 26.5. The second kappa shape index (κ2) is 35.1. The molecule has 1 aliphatic heterocycles. The number of carbonyl (C=O) groups is 2. The molecule has 0 aromatic heterocycles. The molecule has 0 aromatic rings. The van der Waals surface area contributed by atoms with E-state index in [1.807, 2.05) is 0 Å². The van der Waals surface area contributed by atoms with Crippen molar-refractivity contribution in [2.45, 2.75) is 198 Å². The van der Waals surface area contributed by atoms with E-state index in [4.69, 9.17) is 18.9 Å². The van der Waals surface area contributed by atoms with Gasteiger partial charge in [0.2, 0.25) is 0 Å². The van der Waals surface area contributed by atoms with Crippen LogP contribution in [0.3, 0.4) is 0 Å². The van der Waals surface area contributed by atoms with Crippen LogP contribution in [0.4, 0.5) is 0 Å². The van der Waals surface area contributed by atoms with Gasteiger partial charge in [0.25, 0.3) is 0 Å². The maximum atomic E-state index is 12.7. The molecule has 4 N–H and O–H groups in total. The van der Waals surface area contributed by atoms with Crippen molar-refractivity contribution in [3.63, 3.8) is 0 Å². The molecule has 1 heterocycles. The molecule has 2 unspecified atom stereocenters. The smallest absolute Gasteiger partial charge is 0.306 e. The van der Waals surface area contributed by atoms with Crippen LogP contribution in [0.1, 0.15) is 162 Å². The Kier molecular flexibility index (Phi) is 32.3. The van der Waals surface area contributed by atoms with Crippen LogP contribution in [0.25, 0.3) is 0 Å². The zero-order chi connectivity index (χ0) is 39.5. The number of hydrogen-bond donors (Lipinski definition) is 4. The van der Waals surface area contributed by atoms with Gasteiger partial charge in [0.15, 0.2) is 12.4 Å². The number of rotatable bonds is 34. The Balaban J connectivity index is 2.38. The van der Waals surface area contributed by atoms with Gasteiger partial charge >= 0.3 is 11.9 Å². The van der Waals surface area contributed by atoms with E-state index < -0.39 is 55.4 Å². The van der Waals surface area contributed by atoms with Gasteiger partial charge in [-0.25, -0.2) is 0 Å². The molecule has 10 nitrogen and oxygen atoms in total. The highest BCUT2D eigenvalue weighted by Crippen LogP contribution is 2.22. The van der Waals surface area contributed by atoms with Crippen LogP contribution in [-0.4, -0.2) is 89.0 Å². The van der Waals surface area contributed by atoms with E-state index in [1.165, 1.54) is 38.5 Å². The molecule has 0 bridgehead atoms. The van der Waals surface area contributed by atoms with E-state index in [0.29, 0.717) is 12.8 Å². The maximum absolute atomic E-state index is 12.7. The molecule has 0 amide bonds. The van der Waals surface area contributed by atoms with Crippen LogP contribution in [0.15, 0.2) is 48.6 Å². The van der Waals surface area contributed by atoms with E-state index in [2.05, 4.69) is 62.5 Å². The second-order valence-corrected chi connectivity index (χ2v) is 14.4. The molecule has 0 spiro atoms. The minimum atomic E-state index is -1.60. The first-order chi connectivity index (χ1) is 26.3. The zero-order valence-corrected chi connectivity index (χ0v) is 33.7. The fourth-order valence-electron chi connectivity index (χ4n) is 6.00. The molecule has 10 heteroatoms. The van der Waals surface area contributed by atoms with Crippen molar-refractivity contribution in [1.82, 2.24) is 0 Å². The molecule has 6 atom stereocenters. The van der Waals surface area contributed by atoms with E-state index in [1.54, 1.807) is 0 Å². The second-order valence-electron chi connectivity index (χ2n) is 14.4. The lowest BCUT2D eigenvalue weighted by Crippen LogP contribution is -2.59. The number of aliphatic hydroxyl groups is 4. The van der Waals surface area contributed by atoms with Gasteiger partial charge < -0.3 is 39.4 Å². The standard InChI is InChI=1S/C44H76O10/c1-3-5-7-9-11-13-15-17-19-21-22-24-26-28-30-32-39(46)51-35-37(36-52-44-43(50)42(49)41(48)38(34-45)54-44)53-40(47)33-31-29-27-25-23-20-18-16-14-12-10-8-6-4-2/h10-13,16-19,37-38,41-45,48-50H,3-9,14-15,20-36H2,1-2H3/b12-10+,13-11+,18-16+,19-17+/t37-,38-,41+,42?,43?,44-/m0/s1. The quantitative estimate of drug-likeness (QED) is 0.0285. The third-order valence-corrected chi connectivity index (χ3v) is 9.44. The third-order valence-electron chi connectivity index (χ3n) is 9.44. The van der Waals surface area contributed by atoms with Gasteiger partial charge in [-0.15, -0.1) is 0 Å². The number of esters is 2. The number of hydrogen-bond acceptors (Lipinski definition) is 10. The lowest BCUT2D eigenvalue weighted by atomic mass is 9.99. The lowest BCUT2D eigenvalue weighted by Gasteiger charge is -2.39. The van der Waals surface area contributed by atoms with Gasteiger partial charge in [-0.05, 0) is 70.6 Å². The van der Waals surface area contributed by atoms with Crippen molar-refractivity contribution >= 4 is 11.9 Å². The van der Waals surface area contributed by atoms with Crippen molar-refractivity contribution < 1.29 is 49.0 Å². The Labute approximate surface area is 327 Å². The Hall–Kier alpha value is -2.34. The highest BCUT2D eigenvalue weighted by molar-refractivity contribution is 5.70. The molecule has 54 heavy (non-hydrogen) atoms. The summed E-state index contributed by atoms with van der Waals surface area (Å²) in [5, 5.41) is 40.0. The Morgan fingerprint density at radius 1 is 0.574 bits per heavy atom. The van der Waals surface area contributed by atoms with Crippen LogP contribution in [-0.2, 0) is 28.5 Å². The van der Waals surface area contributed by atoms with Crippen LogP contribution < -0.4 is 0 Å². The van der Waals surface area contributed by atoms with Crippen molar-refractivity contribution in [3.8, 4) is 0 Å². The molecule has 1 fully saturated rings. The maximum Gasteiger partial charge on any atom is 0.306 e. The van der Waals surface area contributed by atoms with E-state index in [9.17, 15) is 30.0 Å². The first-order valence-corrected chi connectivity index (χ1v) is 21.2. The minimum absolute atomic E-state index is 0.209. The zero-order valence-electron chi connectivity index (χ0n) is 33.7. The number of carbonyl (C=O) groups excluding carboxylic acids is 2. The van der Waals surface area contributed by atoms with Gasteiger partial charge in [-0.1, -0.05) is 127 Å². The Morgan fingerprint density at radius 3 is 1.59 bits per heavy atom. The van der Waals surface area contributed by atoms with E-state index in [0.717, 1.165) is 83.5 Å². The highest BCUT2D eigenvalue weighted by atomic mass is 16.7. The van der Waals surface area contributed by atoms with Gasteiger partial charge in [0, 0.05) is 12.8 Å². The summed E-state index contributed by atoms with van der Waals surface area (Å²) in [4.78, 5) is 25.3. The average molecular weight is 765 g/mol. The first kappa shape index (κ1) is 49.7. The molecular formula is C44H76O10. The van der Waals surface area contributed by atoms with Crippen molar-refractivity contribution in [2.24, 2.45) is 0 Å². The summed E-state index contributed by atoms with van der Waals surface area (Å²) in [6.07, 6.45) is 32.5. The molecule has 0 radical (unpaired) electrons.